The van der Waals surface area contributed by atoms with E-state index in [1.807, 2.05) is 12.1 Å². The van der Waals surface area contributed by atoms with Crippen LogP contribution in [-0.2, 0) is 26.8 Å². The Kier molecular flexibility index (Phi) is 6.95. The van der Waals surface area contributed by atoms with Crippen molar-refractivity contribution in [3.63, 3.8) is 0 Å². The molecule has 1 N–H and O–H groups in total. The largest absolute Gasteiger partial charge is 0.507 e. The number of carbonyl (C=O) groups is 1. The fourth-order valence-corrected chi connectivity index (χ4v) is 2.68. The summed E-state index contributed by atoms with van der Waals surface area (Å²) in [4.78, 5) is 12.1. The molecule has 0 saturated heterocycles. The maximum Gasteiger partial charge on any atom is 0.306 e. The highest BCUT2D eigenvalue weighted by Gasteiger charge is 2.26. The lowest BCUT2D eigenvalue weighted by Crippen LogP contribution is -2.21. The van der Waals surface area contributed by atoms with E-state index >= 15 is 0 Å². The first-order valence-electron chi connectivity index (χ1n) is 9.70. The summed E-state index contributed by atoms with van der Waals surface area (Å²) < 4.78 is 5.45. The lowest BCUT2D eigenvalue weighted by molar-refractivity contribution is -0.146. The van der Waals surface area contributed by atoms with Crippen molar-refractivity contribution < 1.29 is 14.6 Å². The van der Waals surface area contributed by atoms with E-state index in [0.29, 0.717) is 25.2 Å². The van der Waals surface area contributed by atoms with E-state index in [0.717, 1.165) is 23.1 Å². The molecule has 0 radical (unpaired) electrons. The minimum atomic E-state index is -0.161. The van der Waals surface area contributed by atoms with Gasteiger partial charge in [0.05, 0.1) is 6.61 Å². The minimum absolute atomic E-state index is 0.0208. The summed E-state index contributed by atoms with van der Waals surface area (Å²) in [6.45, 7) is 19.3. The van der Waals surface area contributed by atoms with E-state index in [1.54, 1.807) is 0 Å². The first kappa shape index (κ1) is 22.5. The van der Waals surface area contributed by atoms with Crippen molar-refractivity contribution >= 4 is 5.97 Å². The van der Waals surface area contributed by atoms with Gasteiger partial charge in [0.1, 0.15) is 5.75 Å². The first-order chi connectivity index (χ1) is 11.7. The number of phenolic OH excluding ortho intramolecular Hbond substituents is 1. The van der Waals surface area contributed by atoms with Crippen molar-refractivity contribution in [2.45, 2.75) is 92.4 Å². The number of aryl methyl sites for hydroxylation is 1. The van der Waals surface area contributed by atoms with E-state index in [1.165, 1.54) is 0 Å². The maximum atomic E-state index is 12.1. The van der Waals surface area contributed by atoms with Gasteiger partial charge in [-0.2, -0.15) is 0 Å². The first-order valence-corrected chi connectivity index (χ1v) is 9.70. The molecule has 3 nitrogen and oxygen atoms in total. The molecular formula is C23H38O3. The molecule has 3 heteroatoms. The monoisotopic (exact) mass is 362 g/mol. The highest BCUT2D eigenvalue weighted by Crippen LogP contribution is 2.40. The zero-order chi connectivity index (χ0) is 20.3. The fraction of sp³-hybridized carbons (Fsp3) is 0.696. The predicted molar refractivity (Wildman–Crippen MR) is 109 cm³/mol. The van der Waals surface area contributed by atoms with Crippen LogP contribution in [-0.4, -0.2) is 17.7 Å². The van der Waals surface area contributed by atoms with Crippen molar-refractivity contribution in [1.29, 1.82) is 0 Å². The molecule has 0 aliphatic heterocycles. The van der Waals surface area contributed by atoms with Crippen LogP contribution in [0, 0.1) is 5.41 Å². The summed E-state index contributed by atoms with van der Waals surface area (Å²) in [7, 11) is 0. The Morgan fingerprint density at radius 1 is 0.962 bits per heavy atom. The normalized spacial score (nSPS) is 13.0. The predicted octanol–water partition coefficient (Wildman–Crippen LogP) is 5.90. The maximum absolute atomic E-state index is 12.1. The summed E-state index contributed by atoms with van der Waals surface area (Å²) in [6.07, 6.45) is 1.96. The second-order valence-corrected chi connectivity index (χ2v) is 10.2. The molecular weight excluding hydrogens is 324 g/mol. The van der Waals surface area contributed by atoms with Crippen LogP contribution in [0.3, 0.4) is 0 Å². The average Bonchev–Trinajstić information content (AvgIpc) is 2.49. The lowest BCUT2D eigenvalue weighted by atomic mass is 9.78. The van der Waals surface area contributed by atoms with E-state index in [2.05, 4.69) is 62.3 Å². The summed E-state index contributed by atoms with van der Waals surface area (Å²) >= 11 is 0. The Morgan fingerprint density at radius 2 is 1.42 bits per heavy atom. The molecule has 26 heavy (non-hydrogen) atoms. The Labute approximate surface area is 160 Å². The van der Waals surface area contributed by atoms with Crippen molar-refractivity contribution in [3.8, 4) is 5.75 Å². The number of benzene rings is 1. The molecule has 0 fully saturated rings. The summed E-state index contributed by atoms with van der Waals surface area (Å²) in [6, 6.07) is 4.07. The molecule has 0 aliphatic rings. The third kappa shape index (κ3) is 6.34. The van der Waals surface area contributed by atoms with Crippen molar-refractivity contribution in [3.05, 3.63) is 28.8 Å². The van der Waals surface area contributed by atoms with Gasteiger partial charge in [-0.25, -0.2) is 0 Å². The number of phenols is 1. The summed E-state index contributed by atoms with van der Waals surface area (Å²) in [5.41, 5.74) is 2.63. The smallest absolute Gasteiger partial charge is 0.306 e. The zero-order valence-corrected chi connectivity index (χ0v) is 18.2. The zero-order valence-electron chi connectivity index (χ0n) is 18.2. The Balaban J connectivity index is 2.98. The van der Waals surface area contributed by atoms with Crippen molar-refractivity contribution in [1.82, 2.24) is 0 Å². The summed E-state index contributed by atoms with van der Waals surface area (Å²) in [5.74, 6) is 0.218. The van der Waals surface area contributed by atoms with Crippen LogP contribution in [0.25, 0.3) is 0 Å². The van der Waals surface area contributed by atoms with E-state index < -0.39 is 0 Å². The SMILES string of the molecule is CCC(C)(C)COC(=O)CCc1cc(C(C)(C)C)c(O)c(C(C)(C)C)c1. The van der Waals surface area contributed by atoms with E-state index in [9.17, 15) is 9.90 Å². The van der Waals surface area contributed by atoms with Crippen LogP contribution in [0.2, 0.25) is 0 Å². The number of hydrogen-bond acceptors (Lipinski definition) is 3. The standard InChI is InChI=1S/C23H38O3/c1-10-23(8,9)15-26-19(24)12-11-16-13-17(21(2,3)4)20(25)18(14-16)22(5,6)7/h13-14,25H,10-12,15H2,1-9H3. The number of aromatic hydroxyl groups is 1. The number of hydrogen-bond donors (Lipinski definition) is 1. The van der Waals surface area contributed by atoms with E-state index in [-0.39, 0.29) is 22.2 Å². The number of rotatable bonds is 6. The summed E-state index contributed by atoms with van der Waals surface area (Å²) in [5, 5.41) is 10.8. The number of ether oxygens (including phenoxy) is 1. The molecule has 0 aromatic heterocycles. The van der Waals surface area contributed by atoms with Gasteiger partial charge in [0, 0.05) is 6.42 Å². The molecule has 0 unspecified atom stereocenters. The molecule has 0 spiro atoms. The Hall–Kier alpha value is -1.51. The van der Waals surface area contributed by atoms with Crippen LogP contribution in [0.5, 0.6) is 5.75 Å². The van der Waals surface area contributed by atoms with Gasteiger partial charge >= 0.3 is 5.97 Å². The third-order valence-electron chi connectivity index (χ3n) is 4.98. The van der Waals surface area contributed by atoms with Crippen LogP contribution in [0.4, 0.5) is 0 Å². The molecule has 0 amide bonds. The Morgan fingerprint density at radius 3 is 1.81 bits per heavy atom. The van der Waals surface area contributed by atoms with Gasteiger partial charge < -0.3 is 9.84 Å². The second kappa shape index (κ2) is 8.02. The van der Waals surface area contributed by atoms with Gasteiger partial charge in [-0.15, -0.1) is 0 Å². The molecule has 1 rings (SSSR count). The minimum Gasteiger partial charge on any atom is -0.507 e. The molecule has 1 aromatic carbocycles. The molecule has 1 aromatic rings. The highest BCUT2D eigenvalue weighted by atomic mass is 16.5. The highest BCUT2D eigenvalue weighted by molar-refractivity contribution is 5.69. The topological polar surface area (TPSA) is 46.5 Å². The third-order valence-corrected chi connectivity index (χ3v) is 4.98. The van der Waals surface area contributed by atoms with Gasteiger partial charge in [-0.05, 0) is 45.8 Å². The molecule has 0 atom stereocenters. The molecule has 0 heterocycles. The molecule has 0 bridgehead atoms. The van der Waals surface area contributed by atoms with Gasteiger partial charge in [0.15, 0.2) is 0 Å². The molecule has 148 valence electrons. The van der Waals surface area contributed by atoms with Crippen LogP contribution in [0.1, 0.15) is 91.8 Å². The van der Waals surface area contributed by atoms with Gasteiger partial charge in [-0.3, -0.25) is 4.79 Å². The lowest BCUT2D eigenvalue weighted by Gasteiger charge is -2.28. The quantitative estimate of drug-likeness (QED) is 0.641. The molecule has 0 saturated carbocycles. The second-order valence-electron chi connectivity index (χ2n) is 10.2. The fourth-order valence-electron chi connectivity index (χ4n) is 2.68. The van der Waals surface area contributed by atoms with Crippen molar-refractivity contribution in [2.75, 3.05) is 6.61 Å². The van der Waals surface area contributed by atoms with Crippen LogP contribution in [0.15, 0.2) is 12.1 Å². The molecule has 0 aliphatic carbocycles. The van der Waals surface area contributed by atoms with Gasteiger partial charge in [0.25, 0.3) is 0 Å². The van der Waals surface area contributed by atoms with Crippen LogP contribution >= 0.6 is 0 Å². The Bertz CT molecular complexity index is 593. The number of carbonyl (C=O) groups excluding carboxylic acids is 1. The average molecular weight is 363 g/mol. The van der Waals surface area contributed by atoms with Crippen molar-refractivity contribution in [2.24, 2.45) is 5.41 Å². The number of esters is 1. The van der Waals surface area contributed by atoms with Gasteiger partial charge in [-0.1, -0.05) is 74.4 Å². The van der Waals surface area contributed by atoms with Crippen LogP contribution < -0.4 is 0 Å². The van der Waals surface area contributed by atoms with Gasteiger partial charge in [0.2, 0.25) is 0 Å². The van der Waals surface area contributed by atoms with E-state index in [4.69, 9.17) is 4.74 Å².